The van der Waals surface area contributed by atoms with E-state index in [0.717, 1.165) is 10.4 Å². The normalized spacial score (nSPS) is 12.2. The lowest BCUT2D eigenvalue weighted by Crippen LogP contribution is -2.43. The number of nitrogens with zero attached hydrogens (tertiary/aromatic N) is 3. The maximum Gasteiger partial charge on any atom is 0.407 e. The molecule has 182 valence electrons. The standard InChI is InChI=1S/C22H23Cl2FN4O4S/c1-16(14-33-22(30)27-9-2-11-28-12-10-26-15-28)29(21-13-18(24)5-8-20(21)25)34(31,32)19-6-3-17(23)4-7-19/h3-8,10,12-13,15-16H,2,9,11,14H2,1H3,(H,27,30)/t16-/m1/s1. The van der Waals surface area contributed by atoms with Gasteiger partial charge in [0.1, 0.15) is 12.4 Å². The van der Waals surface area contributed by atoms with Crippen LogP contribution in [0.2, 0.25) is 10.0 Å². The Morgan fingerprint density at radius 3 is 2.59 bits per heavy atom. The molecule has 1 atom stereocenters. The molecule has 0 unspecified atom stereocenters. The lowest BCUT2D eigenvalue weighted by molar-refractivity contribution is 0.141. The number of nitrogens with one attached hydrogen (secondary N) is 1. The number of aromatic nitrogens is 2. The van der Waals surface area contributed by atoms with Crippen LogP contribution in [0.15, 0.2) is 66.1 Å². The van der Waals surface area contributed by atoms with Crippen molar-refractivity contribution in [2.45, 2.75) is 30.8 Å². The molecule has 0 saturated heterocycles. The minimum atomic E-state index is -4.25. The van der Waals surface area contributed by atoms with Crippen LogP contribution in [0, 0.1) is 5.82 Å². The Kier molecular flexibility index (Phi) is 8.76. The van der Waals surface area contributed by atoms with E-state index in [-0.39, 0.29) is 22.2 Å². The lowest BCUT2D eigenvalue weighted by atomic mass is 10.2. The molecule has 1 aromatic heterocycles. The summed E-state index contributed by atoms with van der Waals surface area (Å²) in [6.45, 7) is 2.19. The van der Waals surface area contributed by atoms with E-state index in [1.807, 2.05) is 10.8 Å². The average Bonchev–Trinajstić information content (AvgIpc) is 3.31. The molecule has 0 radical (unpaired) electrons. The van der Waals surface area contributed by atoms with Gasteiger partial charge in [0.05, 0.1) is 23.0 Å². The predicted octanol–water partition coefficient (Wildman–Crippen LogP) is 4.73. The summed E-state index contributed by atoms with van der Waals surface area (Å²) < 4.78 is 49.5. The van der Waals surface area contributed by atoms with Gasteiger partial charge in [-0.2, -0.15) is 0 Å². The van der Waals surface area contributed by atoms with E-state index < -0.39 is 28.0 Å². The molecule has 3 aromatic rings. The molecule has 0 spiro atoms. The largest absolute Gasteiger partial charge is 0.447 e. The van der Waals surface area contributed by atoms with Crippen LogP contribution >= 0.6 is 23.2 Å². The minimum Gasteiger partial charge on any atom is -0.447 e. The van der Waals surface area contributed by atoms with Crippen molar-refractivity contribution in [3.05, 3.63) is 77.0 Å². The monoisotopic (exact) mass is 528 g/mol. The second-order valence-electron chi connectivity index (χ2n) is 7.38. The van der Waals surface area contributed by atoms with Crippen LogP contribution in [0.1, 0.15) is 13.3 Å². The number of benzene rings is 2. The quantitative estimate of drug-likeness (QED) is 0.384. The fraction of sp³-hybridized carbons (Fsp3) is 0.273. The highest BCUT2D eigenvalue weighted by Crippen LogP contribution is 2.31. The molecule has 0 aliphatic carbocycles. The summed E-state index contributed by atoms with van der Waals surface area (Å²) in [4.78, 5) is 16.0. The molecule has 2 aromatic carbocycles. The molecule has 1 N–H and O–H groups in total. The van der Waals surface area contributed by atoms with Crippen molar-refractivity contribution in [1.82, 2.24) is 14.9 Å². The fourth-order valence-corrected chi connectivity index (χ4v) is 5.10. The lowest BCUT2D eigenvalue weighted by Gasteiger charge is -2.30. The number of alkyl carbamates (subject to hydrolysis) is 1. The van der Waals surface area contributed by atoms with Gasteiger partial charge in [-0.25, -0.2) is 22.6 Å². The first kappa shape index (κ1) is 25.8. The molecular weight excluding hydrogens is 506 g/mol. The smallest absolute Gasteiger partial charge is 0.407 e. The third kappa shape index (κ3) is 6.62. The molecule has 34 heavy (non-hydrogen) atoms. The predicted molar refractivity (Wildman–Crippen MR) is 128 cm³/mol. The number of ether oxygens (including phenoxy) is 1. The van der Waals surface area contributed by atoms with Crippen molar-refractivity contribution >= 4 is 45.0 Å². The summed E-state index contributed by atoms with van der Waals surface area (Å²) in [5, 5.41) is 3.10. The molecular formula is C22H23Cl2FN4O4S. The summed E-state index contributed by atoms with van der Waals surface area (Å²) in [6, 6.07) is 8.09. The molecule has 3 rings (SSSR count). The third-order valence-corrected chi connectivity index (χ3v) is 7.22. The van der Waals surface area contributed by atoms with Crippen LogP contribution in [0.25, 0.3) is 0 Å². The van der Waals surface area contributed by atoms with E-state index in [0.29, 0.717) is 24.5 Å². The van der Waals surface area contributed by atoms with Gasteiger partial charge < -0.3 is 14.6 Å². The van der Waals surface area contributed by atoms with E-state index in [1.165, 1.54) is 43.3 Å². The second-order valence-corrected chi connectivity index (χ2v) is 10.1. The number of rotatable bonds is 10. The number of imidazole rings is 1. The van der Waals surface area contributed by atoms with Gasteiger partial charge in [0.2, 0.25) is 0 Å². The van der Waals surface area contributed by atoms with Gasteiger partial charge in [-0.05, 0) is 55.8 Å². The molecule has 1 amide bonds. The van der Waals surface area contributed by atoms with Gasteiger partial charge in [0.25, 0.3) is 10.0 Å². The number of sulfonamides is 1. The number of carbonyl (C=O) groups excluding carboxylic acids is 1. The first-order valence-electron chi connectivity index (χ1n) is 10.3. The fourth-order valence-electron chi connectivity index (χ4n) is 3.16. The average molecular weight is 529 g/mol. The molecule has 1 heterocycles. The number of aryl methyl sites for hydroxylation is 1. The zero-order chi connectivity index (χ0) is 24.7. The number of amides is 1. The highest BCUT2D eigenvalue weighted by Gasteiger charge is 2.32. The van der Waals surface area contributed by atoms with Crippen molar-refractivity contribution in [2.75, 3.05) is 17.5 Å². The number of hydrogen-bond acceptors (Lipinski definition) is 5. The summed E-state index contributed by atoms with van der Waals surface area (Å²) in [6.07, 6.45) is 5.07. The zero-order valence-corrected chi connectivity index (χ0v) is 20.5. The Morgan fingerprint density at radius 1 is 1.21 bits per heavy atom. The van der Waals surface area contributed by atoms with Gasteiger partial charge in [0, 0.05) is 35.5 Å². The number of hydrogen-bond donors (Lipinski definition) is 1. The van der Waals surface area contributed by atoms with Crippen LogP contribution in [-0.2, 0) is 21.3 Å². The van der Waals surface area contributed by atoms with E-state index in [2.05, 4.69) is 10.3 Å². The maximum absolute atomic E-state index is 14.7. The topological polar surface area (TPSA) is 93.5 Å². The Balaban J connectivity index is 1.72. The van der Waals surface area contributed by atoms with Gasteiger partial charge in [-0.3, -0.25) is 4.31 Å². The van der Waals surface area contributed by atoms with E-state index in [4.69, 9.17) is 27.9 Å². The summed E-state index contributed by atoms with van der Waals surface area (Å²) in [5.74, 6) is -0.794. The Morgan fingerprint density at radius 2 is 1.91 bits per heavy atom. The Hall–Kier alpha value is -2.82. The first-order chi connectivity index (χ1) is 16.2. The summed E-state index contributed by atoms with van der Waals surface area (Å²) >= 11 is 11.9. The van der Waals surface area contributed by atoms with Crippen molar-refractivity contribution in [2.24, 2.45) is 0 Å². The van der Waals surface area contributed by atoms with E-state index in [1.54, 1.807) is 12.5 Å². The number of halogens is 3. The molecule has 0 aliphatic heterocycles. The van der Waals surface area contributed by atoms with Crippen LogP contribution in [0.4, 0.5) is 14.9 Å². The van der Waals surface area contributed by atoms with Crippen molar-refractivity contribution in [3.63, 3.8) is 0 Å². The molecule has 0 saturated carbocycles. The second kappa shape index (κ2) is 11.5. The van der Waals surface area contributed by atoms with Crippen LogP contribution in [-0.4, -0.2) is 43.3 Å². The van der Waals surface area contributed by atoms with Crippen LogP contribution in [0.5, 0.6) is 0 Å². The molecule has 0 fully saturated rings. The zero-order valence-electron chi connectivity index (χ0n) is 18.2. The van der Waals surface area contributed by atoms with Gasteiger partial charge in [-0.15, -0.1) is 0 Å². The molecule has 0 bridgehead atoms. The van der Waals surface area contributed by atoms with Crippen LogP contribution in [0.3, 0.4) is 0 Å². The number of carbonyl (C=O) groups is 1. The summed E-state index contributed by atoms with van der Waals surface area (Å²) in [5.41, 5.74) is -0.265. The highest BCUT2D eigenvalue weighted by molar-refractivity contribution is 7.92. The molecule has 0 aliphatic rings. The minimum absolute atomic E-state index is 0.105. The maximum atomic E-state index is 14.7. The Labute approximate surface area is 207 Å². The first-order valence-corrected chi connectivity index (χ1v) is 12.5. The third-order valence-electron chi connectivity index (χ3n) is 4.79. The highest BCUT2D eigenvalue weighted by atomic mass is 35.5. The Bertz CT molecular complexity index is 1210. The molecule has 8 nitrogen and oxygen atoms in total. The van der Waals surface area contributed by atoms with Crippen molar-refractivity contribution < 1.29 is 22.3 Å². The van der Waals surface area contributed by atoms with Gasteiger partial charge in [-0.1, -0.05) is 23.2 Å². The van der Waals surface area contributed by atoms with Gasteiger partial charge in [0.15, 0.2) is 0 Å². The van der Waals surface area contributed by atoms with Crippen LogP contribution < -0.4 is 9.62 Å². The molecule has 12 heteroatoms. The number of anilines is 1. The van der Waals surface area contributed by atoms with E-state index in [9.17, 15) is 17.6 Å². The van der Waals surface area contributed by atoms with E-state index >= 15 is 0 Å². The van der Waals surface area contributed by atoms with Gasteiger partial charge >= 0.3 is 6.09 Å². The summed E-state index contributed by atoms with van der Waals surface area (Å²) in [7, 11) is -4.25. The van der Waals surface area contributed by atoms with Crippen molar-refractivity contribution in [3.8, 4) is 0 Å². The van der Waals surface area contributed by atoms with Crippen molar-refractivity contribution in [1.29, 1.82) is 0 Å². The SMILES string of the molecule is C[C@H](COC(=O)NCCCn1ccnc1)N(c1cc(Cl)ccc1F)S(=O)(=O)c1ccc(Cl)cc1.